The van der Waals surface area contributed by atoms with Gasteiger partial charge in [0.15, 0.2) is 0 Å². The van der Waals surface area contributed by atoms with Crippen LogP contribution >= 0.6 is 15.9 Å². The van der Waals surface area contributed by atoms with Crippen molar-refractivity contribution >= 4 is 31.8 Å². The van der Waals surface area contributed by atoms with E-state index in [0.29, 0.717) is 17.9 Å². The van der Waals surface area contributed by atoms with Gasteiger partial charge in [-0.1, -0.05) is 58.4 Å². The van der Waals surface area contributed by atoms with Crippen LogP contribution < -0.4 is 4.74 Å². The van der Waals surface area contributed by atoms with E-state index in [2.05, 4.69) is 15.9 Å². The molecule has 0 bridgehead atoms. The van der Waals surface area contributed by atoms with E-state index in [-0.39, 0.29) is 9.80 Å². The molecule has 6 heteroatoms. The van der Waals surface area contributed by atoms with Crippen LogP contribution in [-0.2, 0) is 16.4 Å². The summed E-state index contributed by atoms with van der Waals surface area (Å²) in [6, 6.07) is 24.5. The predicted octanol–water partition coefficient (Wildman–Crippen LogP) is 5.37. The van der Waals surface area contributed by atoms with Gasteiger partial charge in [-0.15, -0.1) is 0 Å². The van der Waals surface area contributed by atoms with E-state index < -0.39 is 9.84 Å². The minimum absolute atomic E-state index is 0.0942. The predicted molar refractivity (Wildman–Crippen MR) is 112 cm³/mol. The van der Waals surface area contributed by atoms with Gasteiger partial charge in [-0.3, -0.25) is 0 Å². The molecular formula is C22H16BrNO3S. The molecule has 0 amide bonds. The van der Waals surface area contributed by atoms with Crippen LogP contribution in [0.3, 0.4) is 0 Å². The van der Waals surface area contributed by atoms with E-state index in [0.717, 1.165) is 10.0 Å². The molecule has 4 nitrogen and oxygen atoms in total. The number of nitrogens with zero attached hydrogens (tertiary/aromatic N) is 1. The van der Waals surface area contributed by atoms with Gasteiger partial charge in [0.2, 0.25) is 9.84 Å². The van der Waals surface area contributed by atoms with Crippen LogP contribution in [0.2, 0.25) is 0 Å². The molecule has 28 heavy (non-hydrogen) atoms. The van der Waals surface area contributed by atoms with Crippen molar-refractivity contribution in [1.29, 1.82) is 5.26 Å². The molecule has 0 aliphatic heterocycles. The quantitative estimate of drug-likeness (QED) is 0.470. The maximum atomic E-state index is 12.6. The smallest absolute Gasteiger partial charge is 0.216 e. The first-order chi connectivity index (χ1) is 13.5. The lowest BCUT2D eigenvalue weighted by atomic mass is 10.2. The number of ether oxygens (including phenoxy) is 1. The molecule has 0 aromatic heterocycles. The molecule has 0 atom stereocenters. The summed E-state index contributed by atoms with van der Waals surface area (Å²) in [5.74, 6) is 0.654. The van der Waals surface area contributed by atoms with Crippen molar-refractivity contribution in [3.8, 4) is 11.8 Å². The Morgan fingerprint density at radius 2 is 1.71 bits per heavy atom. The van der Waals surface area contributed by atoms with E-state index in [4.69, 9.17) is 4.74 Å². The lowest BCUT2D eigenvalue weighted by Crippen LogP contribution is -2.03. The summed E-state index contributed by atoms with van der Waals surface area (Å²) in [5, 5.41) is 9.35. The zero-order valence-electron chi connectivity index (χ0n) is 14.7. The second-order valence-electron chi connectivity index (χ2n) is 5.92. The first-order valence-electron chi connectivity index (χ1n) is 8.38. The Kier molecular flexibility index (Phi) is 6.30. The number of halogens is 1. The maximum absolute atomic E-state index is 12.6. The Bertz CT molecular complexity index is 1130. The fourth-order valence-corrected chi connectivity index (χ4v) is 4.13. The first-order valence-corrected chi connectivity index (χ1v) is 10.7. The van der Waals surface area contributed by atoms with Crippen LogP contribution in [-0.4, -0.2) is 8.42 Å². The van der Waals surface area contributed by atoms with Gasteiger partial charge in [0.05, 0.1) is 4.90 Å². The number of allylic oxidation sites excluding steroid dienone is 1. The number of hydrogen-bond acceptors (Lipinski definition) is 4. The van der Waals surface area contributed by atoms with Crippen molar-refractivity contribution in [2.24, 2.45) is 0 Å². The molecule has 0 heterocycles. The zero-order valence-corrected chi connectivity index (χ0v) is 17.2. The molecule has 0 saturated carbocycles. The highest BCUT2D eigenvalue weighted by molar-refractivity contribution is 9.10. The van der Waals surface area contributed by atoms with Crippen LogP contribution in [0.4, 0.5) is 0 Å². The van der Waals surface area contributed by atoms with E-state index >= 15 is 0 Å². The number of nitriles is 1. The van der Waals surface area contributed by atoms with Gasteiger partial charge >= 0.3 is 0 Å². The molecular weight excluding hydrogens is 438 g/mol. The summed E-state index contributed by atoms with van der Waals surface area (Å²) >= 11 is 3.42. The third kappa shape index (κ3) is 4.89. The number of benzene rings is 3. The Hall–Kier alpha value is -2.88. The molecule has 140 valence electrons. The van der Waals surface area contributed by atoms with Gasteiger partial charge < -0.3 is 4.74 Å². The van der Waals surface area contributed by atoms with E-state index in [1.165, 1.54) is 18.2 Å². The largest absolute Gasteiger partial charge is 0.489 e. The topological polar surface area (TPSA) is 67.2 Å². The highest BCUT2D eigenvalue weighted by atomic mass is 79.9. The number of sulfone groups is 1. The van der Waals surface area contributed by atoms with Crippen molar-refractivity contribution < 1.29 is 13.2 Å². The average Bonchev–Trinajstić information content (AvgIpc) is 2.72. The molecule has 0 radical (unpaired) electrons. The molecule has 0 aliphatic rings. The minimum Gasteiger partial charge on any atom is -0.489 e. The normalized spacial score (nSPS) is 11.6. The fourth-order valence-electron chi connectivity index (χ4n) is 2.50. The molecule has 3 aromatic carbocycles. The molecule has 3 rings (SSSR count). The van der Waals surface area contributed by atoms with Gasteiger partial charge in [-0.25, -0.2) is 8.42 Å². The lowest BCUT2D eigenvalue weighted by Gasteiger charge is -2.07. The molecule has 0 spiro atoms. The Balaban J connectivity index is 1.76. The van der Waals surface area contributed by atoms with Crippen LogP contribution in [0, 0.1) is 11.3 Å². The van der Waals surface area contributed by atoms with Crippen molar-refractivity contribution in [3.05, 3.63) is 99.4 Å². The van der Waals surface area contributed by atoms with E-state index in [1.807, 2.05) is 24.3 Å². The maximum Gasteiger partial charge on any atom is 0.216 e. The summed E-state index contributed by atoms with van der Waals surface area (Å²) in [7, 11) is -3.85. The zero-order chi connectivity index (χ0) is 20.0. The molecule has 3 aromatic rings. The van der Waals surface area contributed by atoms with Crippen molar-refractivity contribution in [2.45, 2.75) is 11.5 Å². The Labute approximate surface area is 172 Å². The van der Waals surface area contributed by atoms with Crippen LogP contribution in [0.25, 0.3) is 6.08 Å². The van der Waals surface area contributed by atoms with Gasteiger partial charge in [0.25, 0.3) is 0 Å². The second kappa shape index (κ2) is 8.87. The van der Waals surface area contributed by atoms with Gasteiger partial charge in [0, 0.05) is 4.47 Å². The lowest BCUT2D eigenvalue weighted by molar-refractivity contribution is 0.306. The van der Waals surface area contributed by atoms with Crippen molar-refractivity contribution in [2.75, 3.05) is 0 Å². The third-order valence-electron chi connectivity index (χ3n) is 3.93. The summed E-state index contributed by atoms with van der Waals surface area (Å²) in [6.07, 6.45) is 1.36. The van der Waals surface area contributed by atoms with E-state index in [9.17, 15) is 13.7 Å². The Morgan fingerprint density at radius 3 is 2.36 bits per heavy atom. The summed E-state index contributed by atoms with van der Waals surface area (Å²) in [4.78, 5) is -0.210. The van der Waals surface area contributed by atoms with Crippen LogP contribution in [0.1, 0.15) is 11.1 Å². The monoisotopic (exact) mass is 453 g/mol. The first kappa shape index (κ1) is 19.9. The molecule has 0 aliphatic carbocycles. The average molecular weight is 454 g/mol. The van der Waals surface area contributed by atoms with Crippen LogP contribution in [0.15, 0.2) is 93.1 Å². The standard InChI is InChI=1S/C22H16BrNO3S/c23-19-6-4-5-18(13-19)16-27-20-11-9-17(10-12-20)14-22(15-24)28(25,26)21-7-2-1-3-8-21/h1-14H,16H2. The van der Waals surface area contributed by atoms with Crippen molar-refractivity contribution in [1.82, 2.24) is 0 Å². The van der Waals surface area contributed by atoms with Gasteiger partial charge in [-0.05, 0) is 53.6 Å². The van der Waals surface area contributed by atoms with Gasteiger partial charge in [0.1, 0.15) is 23.3 Å². The fraction of sp³-hybridized carbons (Fsp3) is 0.0455. The SMILES string of the molecule is N#CC(=Cc1ccc(OCc2cccc(Br)c2)cc1)S(=O)(=O)c1ccccc1. The molecule has 0 N–H and O–H groups in total. The molecule has 0 saturated heterocycles. The van der Waals surface area contributed by atoms with E-state index in [1.54, 1.807) is 48.5 Å². The second-order valence-corrected chi connectivity index (χ2v) is 8.76. The number of hydrogen-bond donors (Lipinski definition) is 0. The highest BCUT2D eigenvalue weighted by Crippen LogP contribution is 2.22. The number of rotatable bonds is 6. The minimum atomic E-state index is -3.85. The highest BCUT2D eigenvalue weighted by Gasteiger charge is 2.20. The molecule has 0 unspecified atom stereocenters. The van der Waals surface area contributed by atoms with Gasteiger partial charge in [-0.2, -0.15) is 5.26 Å². The summed E-state index contributed by atoms with van der Waals surface area (Å²) in [5.41, 5.74) is 1.63. The van der Waals surface area contributed by atoms with Crippen LogP contribution in [0.5, 0.6) is 5.75 Å². The summed E-state index contributed by atoms with van der Waals surface area (Å²) in [6.45, 7) is 0.417. The molecule has 0 fully saturated rings. The van der Waals surface area contributed by atoms with Crippen molar-refractivity contribution in [3.63, 3.8) is 0 Å². The third-order valence-corrected chi connectivity index (χ3v) is 6.10. The Morgan fingerprint density at radius 1 is 1.00 bits per heavy atom. The summed E-state index contributed by atoms with van der Waals surface area (Å²) < 4.78 is 31.9.